The zero-order valence-electron chi connectivity index (χ0n) is 17.2. The summed E-state index contributed by atoms with van der Waals surface area (Å²) in [6.07, 6.45) is 3.77. The van der Waals surface area contributed by atoms with Crippen LogP contribution in [0.25, 0.3) is 5.70 Å². The zero-order chi connectivity index (χ0) is 21.9. The van der Waals surface area contributed by atoms with Gasteiger partial charge in [-0.3, -0.25) is 15.1 Å². The minimum atomic E-state index is -0.825. The number of rotatable bonds is 11. The third-order valence-electron chi connectivity index (χ3n) is 4.34. The van der Waals surface area contributed by atoms with Gasteiger partial charge < -0.3 is 14.6 Å². The summed E-state index contributed by atoms with van der Waals surface area (Å²) in [6, 6.07) is 20.8. The molecule has 0 spiro atoms. The summed E-state index contributed by atoms with van der Waals surface area (Å²) in [5, 5.41) is 8.73. The Labute approximate surface area is 180 Å². The zero-order valence-corrected chi connectivity index (χ0v) is 17.2. The molecular weight excluding hydrogens is 396 g/mol. The molecule has 0 unspecified atom stereocenters. The number of carboxylic acid groups (broad SMARTS) is 1. The molecule has 7 nitrogen and oxygen atoms in total. The van der Waals surface area contributed by atoms with Crippen molar-refractivity contribution in [2.75, 3.05) is 7.11 Å². The standard InChI is InChI=1S/C24H24N2O5/c1-29-26-22(20-5-3-2-4-6-20)17-30-21-11-7-19(8-12-21)16-31-23-13-9-18(15-25-23)10-14-24(27)28/h2-9,11-13,15,17,26H,10,14,16H2,1H3,(H,27,28). The number of hydroxylamine groups is 1. The van der Waals surface area contributed by atoms with Crippen molar-refractivity contribution in [3.05, 3.63) is 95.9 Å². The van der Waals surface area contributed by atoms with Crippen molar-refractivity contribution in [3.63, 3.8) is 0 Å². The van der Waals surface area contributed by atoms with Gasteiger partial charge in [0.15, 0.2) is 0 Å². The van der Waals surface area contributed by atoms with E-state index in [0.29, 0.717) is 30.4 Å². The highest BCUT2D eigenvalue weighted by atomic mass is 16.6. The van der Waals surface area contributed by atoms with E-state index in [0.717, 1.165) is 16.7 Å². The minimum absolute atomic E-state index is 0.0832. The van der Waals surface area contributed by atoms with E-state index in [4.69, 9.17) is 19.4 Å². The summed E-state index contributed by atoms with van der Waals surface area (Å²) in [6.45, 7) is 0.359. The first-order chi connectivity index (χ1) is 15.1. The molecule has 3 rings (SSSR count). The average Bonchev–Trinajstić information content (AvgIpc) is 2.81. The van der Waals surface area contributed by atoms with Crippen molar-refractivity contribution in [2.45, 2.75) is 19.4 Å². The number of benzene rings is 2. The van der Waals surface area contributed by atoms with E-state index in [1.54, 1.807) is 25.6 Å². The van der Waals surface area contributed by atoms with Gasteiger partial charge in [-0.15, -0.1) is 0 Å². The van der Waals surface area contributed by atoms with E-state index in [9.17, 15) is 4.79 Å². The number of ether oxygens (including phenoxy) is 2. The molecule has 0 atom stereocenters. The van der Waals surface area contributed by atoms with Crippen LogP contribution < -0.4 is 15.0 Å². The average molecular weight is 420 g/mol. The number of aromatic nitrogens is 1. The fourth-order valence-corrected chi connectivity index (χ4v) is 2.72. The maximum absolute atomic E-state index is 10.6. The molecule has 160 valence electrons. The molecule has 0 radical (unpaired) electrons. The van der Waals surface area contributed by atoms with Crippen LogP contribution in [0.5, 0.6) is 11.6 Å². The molecule has 0 amide bonds. The van der Waals surface area contributed by atoms with E-state index in [-0.39, 0.29) is 6.42 Å². The number of hydrogen-bond donors (Lipinski definition) is 2. The Morgan fingerprint density at radius 3 is 2.42 bits per heavy atom. The maximum atomic E-state index is 10.6. The lowest BCUT2D eigenvalue weighted by molar-refractivity contribution is -0.136. The van der Waals surface area contributed by atoms with Crippen LogP contribution in [-0.4, -0.2) is 23.2 Å². The van der Waals surface area contributed by atoms with Gasteiger partial charge >= 0.3 is 5.97 Å². The van der Waals surface area contributed by atoms with Crippen molar-refractivity contribution >= 4 is 11.7 Å². The van der Waals surface area contributed by atoms with Gasteiger partial charge in [-0.25, -0.2) is 4.98 Å². The Morgan fingerprint density at radius 2 is 1.77 bits per heavy atom. The SMILES string of the molecule is CONC(=COc1ccc(COc2ccc(CCC(=O)O)cn2)cc1)c1ccccc1. The second kappa shape index (κ2) is 11.4. The molecule has 1 heterocycles. The third-order valence-corrected chi connectivity index (χ3v) is 4.34. The normalized spacial score (nSPS) is 11.1. The second-order valence-electron chi connectivity index (χ2n) is 6.65. The monoisotopic (exact) mass is 420 g/mol. The second-order valence-corrected chi connectivity index (χ2v) is 6.65. The molecule has 7 heteroatoms. The van der Waals surface area contributed by atoms with Gasteiger partial charge in [0, 0.05) is 24.2 Å². The Kier molecular flexibility index (Phi) is 8.02. The molecule has 0 fully saturated rings. The van der Waals surface area contributed by atoms with Crippen molar-refractivity contribution in [3.8, 4) is 11.6 Å². The van der Waals surface area contributed by atoms with Crippen LogP contribution in [0.2, 0.25) is 0 Å². The summed E-state index contributed by atoms with van der Waals surface area (Å²) < 4.78 is 11.4. The van der Waals surface area contributed by atoms with Crippen molar-refractivity contribution in [2.24, 2.45) is 0 Å². The number of nitrogens with zero attached hydrogens (tertiary/aromatic N) is 1. The molecule has 0 saturated carbocycles. The summed E-state index contributed by atoms with van der Waals surface area (Å²) in [5.74, 6) is 0.339. The molecule has 0 aliphatic heterocycles. The molecule has 0 aliphatic carbocycles. The summed E-state index contributed by atoms with van der Waals surface area (Å²) in [7, 11) is 1.55. The number of aliphatic carboxylic acids is 1. The first kappa shape index (κ1) is 21.9. The lowest BCUT2D eigenvalue weighted by Gasteiger charge is -2.10. The highest BCUT2D eigenvalue weighted by molar-refractivity contribution is 5.67. The quantitative estimate of drug-likeness (QED) is 0.355. The van der Waals surface area contributed by atoms with Crippen LogP contribution in [0.1, 0.15) is 23.1 Å². The summed E-state index contributed by atoms with van der Waals surface area (Å²) >= 11 is 0. The van der Waals surface area contributed by atoms with E-state index >= 15 is 0 Å². The largest absolute Gasteiger partial charge is 0.481 e. The maximum Gasteiger partial charge on any atom is 0.303 e. The van der Waals surface area contributed by atoms with E-state index in [2.05, 4.69) is 10.5 Å². The highest BCUT2D eigenvalue weighted by Crippen LogP contribution is 2.17. The third kappa shape index (κ3) is 7.17. The Balaban J connectivity index is 1.53. The number of carbonyl (C=O) groups is 1. The van der Waals surface area contributed by atoms with Crippen LogP contribution in [0.15, 0.2) is 79.2 Å². The van der Waals surface area contributed by atoms with E-state index in [1.807, 2.05) is 60.7 Å². The number of nitrogens with one attached hydrogen (secondary N) is 1. The van der Waals surface area contributed by atoms with Gasteiger partial charge in [-0.1, -0.05) is 48.5 Å². The number of aryl methyl sites for hydroxylation is 1. The topological polar surface area (TPSA) is 89.9 Å². The van der Waals surface area contributed by atoms with Gasteiger partial charge in [0.1, 0.15) is 24.3 Å². The van der Waals surface area contributed by atoms with Gasteiger partial charge in [-0.05, 0) is 29.7 Å². The molecule has 31 heavy (non-hydrogen) atoms. The lowest BCUT2D eigenvalue weighted by Crippen LogP contribution is -2.11. The van der Waals surface area contributed by atoms with Crippen molar-refractivity contribution in [1.82, 2.24) is 10.5 Å². The van der Waals surface area contributed by atoms with Gasteiger partial charge in [-0.2, -0.15) is 0 Å². The Morgan fingerprint density at radius 1 is 1.03 bits per heavy atom. The Bertz CT molecular complexity index is 987. The summed E-state index contributed by atoms with van der Waals surface area (Å²) in [4.78, 5) is 19.9. The number of hydrogen-bond acceptors (Lipinski definition) is 6. The molecule has 2 aromatic carbocycles. The first-order valence-corrected chi connectivity index (χ1v) is 9.74. The molecule has 0 saturated heterocycles. The molecule has 0 aliphatic rings. The van der Waals surface area contributed by atoms with Crippen LogP contribution in [0.4, 0.5) is 0 Å². The smallest absolute Gasteiger partial charge is 0.303 e. The highest BCUT2D eigenvalue weighted by Gasteiger charge is 2.03. The molecule has 3 aromatic rings. The Hall–Kier alpha value is -3.84. The molecular formula is C24H24N2O5. The molecule has 0 bridgehead atoms. The van der Waals surface area contributed by atoms with E-state index in [1.165, 1.54) is 0 Å². The number of carboxylic acids is 1. The first-order valence-electron chi connectivity index (χ1n) is 9.74. The van der Waals surface area contributed by atoms with Gasteiger partial charge in [0.25, 0.3) is 0 Å². The fraction of sp³-hybridized carbons (Fsp3) is 0.167. The predicted octanol–water partition coefficient (Wildman–Crippen LogP) is 4.21. The molecule has 2 N–H and O–H groups in total. The lowest BCUT2D eigenvalue weighted by atomic mass is 10.1. The van der Waals surface area contributed by atoms with Gasteiger partial charge in [0.2, 0.25) is 5.88 Å². The van der Waals surface area contributed by atoms with Crippen LogP contribution in [-0.2, 0) is 22.7 Å². The van der Waals surface area contributed by atoms with Crippen molar-refractivity contribution < 1.29 is 24.2 Å². The van der Waals surface area contributed by atoms with Gasteiger partial charge in [0.05, 0.1) is 7.11 Å². The predicted molar refractivity (Wildman–Crippen MR) is 116 cm³/mol. The van der Waals surface area contributed by atoms with Crippen LogP contribution >= 0.6 is 0 Å². The van der Waals surface area contributed by atoms with Crippen LogP contribution in [0.3, 0.4) is 0 Å². The molecule has 1 aromatic heterocycles. The van der Waals surface area contributed by atoms with Crippen LogP contribution in [0, 0.1) is 0 Å². The summed E-state index contributed by atoms with van der Waals surface area (Å²) in [5.41, 5.74) is 6.29. The fourth-order valence-electron chi connectivity index (χ4n) is 2.72. The minimum Gasteiger partial charge on any atom is -0.481 e. The number of pyridine rings is 1. The van der Waals surface area contributed by atoms with E-state index < -0.39 is 5.97 Å². The van der Waals surface area contributed by atoms with Crippen molar-refractivity contribution in [1.29, 1.82) is 0 Å².